The minimum atomic E-state index is -0.102. The molecule has 35 heavy (non-hydrogen) atoms. The number of rotatable bonds is 6. The van der Waals surface area contributed by atoms with Gasteiger partial charge in [-0.1, -0.05) is 17.7 Å². The van der Waals surface area contributed by atoms with Gasteiger partial charge in [0.05, 0.1) is 6.20 Å². The number of carbonyl (C=O) groups is 1. The molecule has 1 saturated heterocycles. The number of fused-ring (bicyclic) bond motifs is 1. The molecule has 1 aliphatic heterocycles. The van der Waals surface area contributed by atoms with Gasteiger partial charge in [0.25, 0.3) is 0 Å². The lowest BCUT2D eigenvalue weighted by molar-refractivity contribution is -0.119. The molecule has 2 fully saturated rings. The van der Waals surface area contributed by atoms with Crippen molar-refractivity contribution in [2.75, 3.05) is 23.8 Å². The molecule has 3 heterocycles. The van der Waals surface area contributed by atoms with Gasteiger partial charge in [0.1, 0.15) is 5.52 Å². The van der Waals surface area contributed by atoms with E-state index in [9.17, 15) is 4.79 Å². The highest BCUT2D eigenvalue weighted by molar-refractivity contribution is 6.30. The molecule has 0 unspecified atom stereocenters. The van der Waals surface area contributed by atoms with E-state index in [0.717, 1.165) is 68.6 Å². The molecule has 0 spiro atoms. The van der Waals surface area contributed by atoms with E-state index in [0.29, 0.717) is 16.9 Å². The third-order valence-corrected chi connectivity index (χ3v) is 7.23. The number of aromatic nitrogens is 4. The fraction of sp³-hybridized carbons (Fsp3) is 0.520. The van der Waals surface area contributed by atoms with Crippen molar-refractivity contribution < 1.29 is 9.53 Å². The normalized spacial score (nSPS) is 22.0. The number of nitrogens with one attached hydrogen (secondary N) is 3. The predicted octanol–water partition coefficient (Wildman–Crippen LogP) is 4.82. The maximum atomic E-state index is 11.5. The molecule has 3 N–H and O–H groups in total. The van der Waals surface area contributed by atoms with Crippen LogP contribution in [0.5, 0.6) is 0 Å². The van der Waals surface area contributed by atoms with Gasteiger partial charge in [0.2, 0.25) is 17.8 Å². The number of ether oxygens (including phenoxy) is 1. The Morgan fingerprint density at radius 1 is 1.17 bits per heavy atom. The average molecular weight is 498 g/mol. The van der Waals surface area contributed by atoms with E-state index >= 15 is 0 Å². The molecule has 0 bridgehead atoms. The van der Waals surface area contributed by atoms with Crippen LogP contribution in [0.2, 0.25) is 5.02 Å². The first-order valence-electron chi connectivity index (χ1n) is 12.3. The van der Waals surface area contributed by atoms with Gasteiger partial charge < -0.3 is 20.7 Å². The first kappa shape index (κ1) is 23.8. The average Bonchev–Trinajstić information content (AvgIpc) is 3.16. The second-order valence-electron chi connectivity index (χ2n) is 9.85. The summed E-state index contributed by atoms with van der Waals surface area (Å²) in [6.45, 7) is 5.23. The van der Waals surface area contributed by atoms with Crippen molar-refractivity contribution in [3.05, 3.63) is 35.5 Å². The van der Waals surface area contributed by atoms with E-state index in [-0.39, 0.29) is 23.5 Å². The summed E-state index contributed by atoms with van der Waals surface area (Å²) >= 11 is 6.22. The van der Waals surface area contributed by atoms with Gasteiger partial charge >= 0.3 is 0 Å². The van der Waals surface area contributed by atoms with Crippen LogP contribution in [0, 0.1) is 0 Å². The summed E-state index contributed by atoms with van der Waals surface area (Å²) in [5.74, 6) is 1.34. The quantitative estimate of drug-likeness (QED) is 0.448. The molecule has 1 aliphatic carbocycles. The number of nitrogens with zero attached hydrogens (tertiary/aromatic N) is 4. The van der Waals surface area contributed by atoms with Crippen molar-refractivity contribution in [2.24, 2.45) is 0 Å². The van der Waals surface area contributed by atoms with E-state index in [2.05, 4.69) is 32.4 Å². The van der Waals surface area contributed by atoms with Gasteiger partial charge in [0.15, 0.2) is 5.65 Å². The monoisotopic (exact) mass is 497 g/mol. The smallest absolute Gasteiger partial charge is 0.225 e. The van der Waals surface area contributed by atoms with E-state index in [4.69, 9.17) is 26.3 Å². The summed E-state index contributed by atoms with van der Waals surface area (Å²) in [5, 5.41) is 10.7. The predicted molar refractivity (Wildman–Crippen MR) is 137 cm³/mol. The van der Waals surface area contributed by atoms with Crippen LogP contribution in [-0.2, 0) is 9.53 Å². The summed E-state index contributed by atoms with van der Waals surface area (Å²) in [6, 6.07) is 8.01. The van der Waals surface area contributed by atoms with Crippen LogP contribution >= 0.6 is 11.6 Å². The van der Waals surface area contributed by atoms with Crippen molar-refractivity contribution in [3.8, 4) is 0 Å². The van der Waals surface area contributed by atoms with Crippen LogP contribution < -0.4 is 16.0 Å². The molecular formula is C25H32ClN7O2. The molecule has 1 amide bonds. The van der Waals surface area contributed by atoms with Crippen LogP contribution in [0.4, 0.5) is 17.6 Å². The summed E-state index contributed by atoms with van der Waals surface area (Å²) in [5.41, 5.74) is 2.29. The number of anilines is 3. The number of benzene rings is 1. The van der Waals surface area contributed by atoms with Crippen LogP contribution in [0.1, 0.15) is 58.4 Å². The molecule has 1 aromatic carbocycles. The lowest BCUT2D eigenvalue weighted by atomic mass is 9.91. The van der Waals surface area contributed by atoms with E-state index in [1.165, 1.54) is 0 Å². The summed E-state index contributed by atoms with van der Waals surface area (Å²) in [7, 11) is 0. The molecule has 0 atom stereocenters. The molecule has 10 heteroatoms. The Kier molecular flexibility index (Phi) is 6.80. The van der Waals surface area contributed by atoms with Crippen LogP contribution in [-0.4, -0.2) is 50.2 Å². The van der Waals surface area contributed by atoms with Gasteiger partial charge in [-0.2, -0.15) is 4.98 Å². The summed E-state index contributed by atoms with van der Waals surface area (Å²) < 4.78 is 7.73. The molecule has 186 valence electrons. The topological polar surface area (TPSA) is 106 Å². The molecule has 5 rings (SSSR count). The third kappa shape index (κ3) is 5.51. The Labute approximate surface area is 210 Å². The lowest BCUT2D eigenvalue weighted by Gasteiger charge is -2.34. The fourth-order valence-electron chi connectivity index (χ4n) is 5.06. The molecule has 2 aromatic heterocycles. The van der Waals surface area contributed by atoms with Crippen molar-refractivity contribution in [1.29, 1.82) is 0 Å². The zero-order chi connectivity index (χ0) is 24.4. The first-order valence-corrected chi connectivity index (χ1v) is 12.7. The highest BCUT2D eigenvalue weighted by Crippen LogP contribution is 2.35. The van der Waals surface area contributed by atoms with Crippen molar-refractivity contribution in [1.82, 2.24) is 24.8 Å². The van der Waals surface area contributed by atoms with Crippen molar-refractivity contribution >= 4 is 46.3 Å². The fourth-order valence-corrected chi connectivity index (χ4v) is 5.25. The van der Waals surface area contributed by atoms with E-state index < -0.39 is 0 Å². The van der Waals surface area contributed by atoms with Gasteiger partial charge in [-0.3, -0.25) is 9.36 Å². The van der Waals surface area contributed by atoms with Crippen molar-refractivity contribution in [2.45, 2.75) is 70.0 Å². The molecule has 3 aromatic rings. The number of carbonyl (C=O) groups excluding carboxylic acids is 1. The second-order valence-corrected chi connectivity index (χ2v) is 10.3. The molecule has 0 radical (unpaired) electrons. The lowest BCUT2D eigenvalue weighted by Crippen LogP contribution is -2.41. The summed E-state index contributed by atoms with van der Waals surface area (Å²) in [4.78, 5) is 25.9. The highest BCUT2D eigenvalue weighted by Gasteiger charge is 2.30. The molecular weight excluding hydrogens is 466 g/mol. The zero-order valence-electron chi connectivity index (χ0n) is 20.2. The molecule has 1 saturated carbocycles. The van der Waals surface area contributed by atoms with Gasteiger partial charge in [-0.15, -0.1) is 0 Å². The maximum absolute atomic E-state index is 11.5. The SMILES string of the molecule is CC(=O)NC1CCC(n2c(Nc3cccc(Cl)c3)nc3cnc(NC4(C)CCOCC4)nc32)CC1. The number of hydrogen-bond donors (Lipinski definition) is 3. The Morgan fingerprint density at radius 2 is 1.94 bits per heavy atom. The van der Waals surface area contributed by atoms with E-state index in [1.807, 2.05) is 24.3 Å². The largest absolute Gasteiger partial charge is 0.381 e. The second kappa shape index (κ2) is 9.99. The number of imidazole rings is 1. The minimum absolute atomic E-state index is 0.0231. The van der Waals surface area contributed by atoms with Crippen LogP contribution in [0.15, 0.2) is 30.5 Å². The van der Waals surface area contributed by atoms with Gasteiger partial charge in [-0.25, -0.2) is 9.97 Å². The highest BCUT2D eigenvalue weighted by atomic mass is 35.5. The zero-order valence-corrected chi connectivity index (χ0v) is 20.9. The Bertz CT molecular complexity index is 1200. The minimum Gasteiger partial charge on any atom is -0.381 e. The first-order chi connectivity index (χ1) is 16.9. The van der Waals surface area contributed by atoms with Crippen LogP contribution in [0.25, 0.3) is 11.2 Å². The van der Waals surface area contributed by atoms with Gasteiger partial charge in [0, 0.05) is 48.5 Å². The van der Waals surface area contributed by atoms with E-state index in [1.54, 1.807) is 13.1 Å². The maximum Gasteiger partial charge on any atom is 0.225 e. The Balaban J connectivity index is 1.48. The molecule has 2 aliphatic rings. The Hall–Kier alpha value is -2.91. The standard InChI is InChI=1S/C25H32ClN7O2/c1-16(34)28-18-6-8-20(9-7-18)33-22-21(30-24(33)29-19-5-3-4-17(26)14-19)15-27-23(31-22)32-25(2)10-12-35-13-11-25/h3-5,14-15,18,20H,6-13H2,1-2H3,(H,28,34)(H,29,30)(H,27,31,32). The Morgan fingerprint density at radius 3 is 2.66 bits per heavy atom. The number of halogens is 1. The molecule has 9 nitrogen and oxygen atoms in total. The van der Waals surface area contributed by atoms with Crippen molar-refractivity contribution in [3.63, 3.8) is 0 Å². The third-order valence-electron chi connectivity index (χ3n) is 6.99. The number of amides is 1. The van der Waals surface area contributed by atoms with Crippen LogP contribution in [0.3, 0.4) is 0 Å². The van der Waals surface area contributed by atoms with Gasteiger partial charge in [-0.05, 0) is 63.6 Å². The summed E-state index contributed by atoms with van der Waals surface area (Å²) in [6.07, 6.45) is 7.26. The number of hydrogen-bond acceptors (Lipinski definition) is 7.